The van der Waals surface area contributed by atoms with E-state index in [1.54, 1.807) is 4.90 Å². The SMILES string of the molecule is CC(C)C1CC(NC2CN(C(=O)OC(C)(C)C)C2)C1. The van der Waals surface area contributed by atoms with Gasteiger partial charge in [0.25, 0.3) is 0 Å². The van der Waals surface area contributed by atoms with Gasteiger partial charge in [-0.25, -0.2) is 4.79 Å². The maximum atomic E-state index is 11.8. The summed E-state index contributed by atoms with van der Waals surface area (Å²) in [6, 6.07) is 1.13. The van der Waals surface area contributed by atoms with Gasteiger partial charge < -0.3 is 15.0 Å². The number of ether oxygens (including phenoxy) is 1. The molecule has 0 unspecified atom stereocenters. The van der Waals surface area contributed by atoms with Crippen molar-refractivity contribution in [2.45, 2.75) is 65.1 Å². The van der Waals surface area contributed by atoms with Crippen LogP contribution in [-0.2, 0) is 4.74 Å². The molecule has 4 heteroatoms. The third kappa shape index (κ3) is 3.85. The van der Waals surface area contributed by atoms with E-state index in [-0.39, 0.29) is 6.09 Å². The molecule has 1 saturated carbocycles. The van der Waals surface area contributed by atoms with Gasteiger partial charge >= 0.3 is 6.09 Å². The molecule has 0 bridgehead atoms. The molecule has 2 fully saturated rings. The van der Waals surface area contributed by atoms with Crippen molar-refractivity contribution in [1.29, 1.82) is 0 Å². The van der Waals surface area contributed by atoms with Crippen LogP contribution in [0.5, 0.6) is 0 Å². The summed E-state index contributed by atoms with van der Waals surface area (Å²) in [7, 11) is 0. The summed E-state index contributed by atoms with van der Waals surface area (Å²) in [6.07, 6.45) is 2.40. The zero-order valence-corrected chi connectivity index (χ0v) is 12.9. The van der Waals surface area contributed by atoms with Gasteiger partial charge in [0.1, 0.15) is 5.60 Å². The number of amides is 1. The topological polar surface area (TPSA) is 41.6 Å². The average molecular weight is 268 g/mol. The molecule has 1 N–H and O–H groups in total. The van der Waals surface area contributed by atoms with E-state index in [4.69, 9.17) is 4.74 Å². The minimum atomic E-state index is -0.395. The maximum absolute atomic E-state index is 11.8. The second-order valence-electron chi connectivity index (χ2n) is 7.42. The minimum absolute atomic E-state index is 0.181. The van der Waals surface area contributed by atoms with Crippen molar-refractivity contribution in [2.75, 3.05) is 13.1 Å². The average Bonchev–Trinajstić information content (AvgIpc) is 2.07. The Kier molecular flexibility index (Phi) is 4.09. The second kappa shape index (κ2) is 5.31. The standard InChI is InChI=1S/C15H28N2O2/c1-10(2)11-6-12(7-11)16-13-8-17(9-13)14(18)19-15(3,4)5/h10-13,16H,6-9H2,1-5H3. The van der Waals surface area contributed by atoms with Crippen LogP contribution in [0.2, 0.25) is 0 Å². The predicted octanol–water partition coefficient (Wildman–Crippen LogP) is 2.63. The molecule has 2 rings (SSSR count). The first-order valence-corrected chi connectivity index (χ1v) is 7.48. The molecule has 0 radical (unpaired) electrons. The van der Waals surface area contributed by atoms with E-state index >= 15 is 0 Å². The van der Waals surface area contributed by atoms with Crippen LogP contribution in [0.4, 0.5) is 4.79 Å². The molecule has 1 aliphatic carbocycles. The van der Waals surface area contributed by atoms with E-state index in [1.165, 1.54) is 12.8 Å². The lowest BCUT2D eigenvalue weighted by atomic mass is 9.73. The van der Waals surface area contributed by atoms with E-state index in [9.17, 15) is 4.79 Å². The van der Waals surface area contributed by atoms with Gasteiger partial charge in [-0.05, 0) is 45.4 Å². The number of nitrogens with zero attached hydrogens (tertiary/aromatic N) is 1. The van der Waals surface area contributed by atoms with Crippen LogP contribution in [0, 0.1) is 11.8 Å². The second-order valence-corrected chi connectivity index (χ2v) is 7.42. The molecule has 1 amide bonds. The van der Waals surface area contributed by atoms with Crippen LogP contribution in [0.3, 0.4) is 0 Å². The maximum Gasteiger partial charge on any atom is 0.410 e. The van der Waals surface area contributed by atoms with E-state index in [0.717, 1.165) is 24.9 Å². The zero-order valence-electron chi connectivity index (χ0n) is 12.9. The fourth-order valence-corrected chi connectivity index (χ4v) is 2.74. The highest BCUT2D eigenvalue weighted by Gasteiger charge is 2.38. The fraction of sp³-hybridized carbons (Fsp3) is 0.933. The van der Waals surface area contributed by atoms with Crippen molar-refractivity contribution < 1.29 is 9.53 Å². The van der Waals surface area contributed by atoms with Crippen LogP contribution >= 0.6 is 0 Å². The molecule has 0 aromatic heterocycles. The van der Waals surface area contributed by atoms with Crippen LogP contribution in [0.15, 0.2) is 0 Å². The molecule has 1 heterocycles. The van der Waals surface area contributed by atoms with Crippen molar-refractivity contribution in [1.82, 2.24) is 10.2 Å². The lowest BCUT2D eigenvalue weighted by Crippen LogP contribution is -2.63. The van der Waals surface area contributed by atoms with Crippen LogP contribution < -0.4 is 5.32 Å². The van der Waals surface area contributed by atoms with Crippen molar-refractivity contribution in [2.24, 2.45) is 11.8 Å². The van der Waals surface area contributed by atoms with Crippen LogP contribution in [0.1, 0.15) is 47.5 Å². The van der Waals surface area contributed by atoms with E-state index in [0.29, 0.717) is 12.1 Å². The molecule has 0 aromatic rings. The van der Waals surface area contributed by atoms with E-state index in [2.05, 4.69) is 19.2 Å². The summed E-state index contributed by atoms with van der Waals surface area (Å²) in [5, 5.41) is 3.64. The summed E-state index contributed by atoms with van der Waals surface area (Å²) < 4.78 is 5.34. The third-order valence-corrected chi connectivity index (χ3v) is 4.12. The molecule has 2 aliphatic rings. The Morgan fingerprint density at radius 2 is 1.79 bits per heavy atom. The van der Waals surface area contributed by atoms with Gasteiger partial charge in [0.15, 0.2) is 0 Å². The smallest absolute Gasteiger partial charge is 0.410 e. The molecule has 4 nitrogen and oxygen atoms in total. The minimum Gasteiger partial charge on any atom is -0.444 e. The Morgan fingerprint density at radius 1 is 1.21 bits per heavy atom. The highest BCUT2D eigenvalue weighted by molar-refractivity contribution is 5.69. The number of carbonyl (C=O) groups excluding carboxylic acids is 1. The normalized spacial score (nSPS) is 28.0. The van der Waals surface area contributed by atoms with Gasteiger partial charge in [-0.3, -0.25) is 0 Å². The highest BCUT2D eigenvalue weighted by atomic mass is 16.6. The van der Waals surface area contributed by atoms with Crippen molar-refractivity contribution in [3.05, 3.63) is 0 Å². The van der Waals surface area contributed by atoms with Crippen molar-refractivity contribution in [3.63, 3.8) is 0 Å². The largest absolute Gasteiger partial charge is 0.444 e. The van der Waals surface area contributed by atoms with Crippen LogP contribution in [-0.4, -0.2) is 41.8 Å². The first-order chi connectivity index (χ1) is 8.74. The fourth-order valence-electron chi connectivity index (χ4n) is 2.74. The number of hydrogen-bond donors (Lipinski definition) is 1. The number of nitrogens with one attached hydrogen (secondary N) is 1. The first kappa shape index (κ1) is 14.6. The molecule has 19 heavy (non-hydrogen) atoms. The summed E-state index contributed by atoms with van der Waals surface area (Å²) in [6.45, 7) is 11.9. The van der Waals surface area contributed by atoms with Crippen LogP contribution in [0.25, 0.3) is 0 Å². The number of carbonyl (C=O) groups is 1. The zero-order chi connectivity index (χ0) is 14.2. The Labute approximate surface area is 116 Å². The molecule has 1 aliphatic heterocycles. The Hall–Kier alpha value is -0.770. The molecule has 1 saturated heterocycles. The predicted molar refractivity (Wildman–Crippen MR) is 76.1 cm³/mol. The van der Waals surface area contributed by atoms with Crippen molar-refractivity contribution in [3.8, 4) is 0 Å². The Balaban J connectivity index is 1.61. The first-order valence-electron chi connectivity index (χ1n) is 7.48. The quantitative estimate of drug-likeness (QED) is 0.855. The third-order valence-electron chi connectivity index (χ3n) is 4.12. The van der Waals surface area contributed by atoms with Gasteiger partial charge in [-0.1, -0.05) is 13.8 Å². The molecular weight excluding hydrogens is 240 g/mol. The van der Waals surface area contributed by atoms with Gasteiger partial charge in [0.05, 0.1) is 0 Å². The highest BCUT2D eigenvalue weighted by Crippen LogP contribution is 2.34. The lowest BCUT2D eigenvalue weighted by Gasteiger charge is -2.46. The summed E-state index contributed by atoms with van der Waals surface area (Å²) >= 11 is 0. The van der Waals surface area contributed by atoms with E-state index < -0.39 is 5.60 Å². The van der Waals surface area contributed by atoms with E-state index in [1.807, 2.05) is 20.8 Å². The Bertz CT molecular complexity index is 324. The monoisotopic (exact) mass is 268 g/mol. The number of likely N-dealkylation sites (tertiary alicyclic amines) is 1. The van der Waals surface area contributed by atoms with Gasteiger partial charge in [0.2, 0.25) is 0 Å². The summed E-state index contributed by atoms with van der Waals surface area (Å²) in [4.78, 5) is 13.6. The molecular formula is C15H28N2O2. The lowest BCUT2D eigenvalue weighted by molar-refractivity contribution is 0.00103. The Morgan fingerprint density at radius 3 is 2.26 bits per heavy atom. The molecule has 0 spiro atoms. The number of rotatable bonds is 3. The van der Waals surface area contributed by atoms with Gasteiger partial charge in [-0.2, -0.15) is 0 Å². The number of hydrogen-bond acceptors (Lipinski definition) is 3. The molecule has 0 aromatic carbocycles. The van der Waals surface area contributed by atoms with Crippen molar-refractivity contribution >= 4 is 6.09 Å². The van der Waals surface area contributed by atoms with Gasteiger partial charge in [0, 0.05) is 25.2 Å². The molecule has 110 valence electrons. The van der Waals surface area contributed by atoms with Gasteiger partial charge in [-0.15, -0.1) is 0 Å². The molecule has 0 atom stereocenters. The summed E-state index contributed by atoms with van der Waals surface area (Å²) in [5.41, 5.74) is -0.395. The summed E-state index contributed by atoms with van der Waals surface area (Å²) in [5.74, 6) is 1.69.